The first-order chi connectivity index (χ1) is 8.60. The van der Waals surface area contributed by atoms with E-state index < -0.39 is 6.10 Å². The van der Waals surface area contributed by atoms with Gasteiger partial charge in [0.25, 0.3) is 5.91 Å². The molecule has 0 saturated carbocycles. The summed E-state index contributed by atoms with van der Waals surface area (Å²) < 4.78 is 0. The van der Waals surface area contributed by atoms with Crippen molar-refractivity contribution in [3.63, 3.8) is 0 Å². The lowest BCUT2D eigenvalue weighted by Crippen LogP contribution is -2.36. The predicted octanol–water partition coefficient (Wildman–Crippen LogP) is 2.52. The molecule has 2 N–H and O–H groups in total. The number of hydrogen-bond acceptors (Lipinski definition) is 2. The highest BCUT2D eigenvalue weighted by Crippen LogP contribution is 2.12. The van der Waals surface area contributed by atoms with Crippen molar-refractivity contribution in [2.45, 2.75) is 39.7 Å². The first-order valence-electron chi connectivity index (χ1n) is 6.62. The molecule has 18 heavy (non-hydrogen) atoms. The first-order valence-corrected chi connectivity index (χ1v) is 6.62. The fraction of sp³-hybridized carbons (Fsp3) is 0.533. The maximum atomic E-state index is 11.9. The van der Waals surface area contributed by atoms with Crippen molar-refractivity contribution in [3.05, 3.63) is 35.4 Å². The van der Waals surface area contributed by atoms with Crippen molar-refractivity contribution in [3.8, 4) is 0 Å². The Bertz CT molecular complexity index is 386. The molecule has 0 heterocycles. The summed E-state index contributed by atoms with van der Waals surface area (Å²) in [5, 5.41) is 12.8. The monoisotopic (exact) mass is 249 g/mol. The highest BCUT2D eigenvalue weighted by molar-refractivity contribution is 5.95. The number of nitrogens with one attached hydrogen (secondary N) is 1. The number of rotatable bonds is 6. The van der Waals surface area contributed by atoms with Crippen molar-refractivity contribution >= 4 is 5.91 Å². The summed E-state index contributed by atoms with van der Waals surface area (Å²) in [6.45, 7) is 6.34. The Hall–Kier alpha value is -1.35. The molecule has 1 atom stereocenters. The molecule has 100 valence electrons. The Balaban J connectivity index is 2.54. The van der Waals surface area contributed by atoms with Crippen LogP contribution in [0.3, 0.4) is 0 Å². The molecule has 0 saturated heterocycles. The van der Waals surface area contributed by atoms with Gasteiger partial charge in [0.1, 0.15) is 0 Å². The molecule has 0 aliphatic rings. The zero-order valence-corrected chi connectivity index (χ0v) is 11.4. The third-order valence-electron chi connectivity index (χ3n) is 3.45. The molecule has 1 aromatic rings. The van der Waals surface area contributed by atoms with Gasteiger partial charge < -0.3 is 10.4 Å². The van der Waals surface area contributed by atoms with Crippen molar-refractivity contribution in [2.24, 2.45) is 5.92 Å². The van der Waals surface area contributed by atoms with Crippen LogP contribution in [0, 0.1) is 12.8 Å². The average molecular weight is 249 g/mol. The lowest BCUT2D eigenvalue weighted by atomic mass is 9.96. The summed E-state index contributed by atoms with van der Waals surface area (Å²) in [5.41, 5.74) is 1.63. The van der Waals surface area contributed by atoms with Gasteiger partial charge >= 0.3 is 0 Å². The van der Waals surface area contributed by atoms with E-state index in [4.69, 9.17) is 0 Å². The molecule has 0 fully saturated rings. The molecule has 3 nitrogen and oxygen atoms in total. The fourth-order valence-electron chi connectivity index (χ4n) is 2.12. The normalized spacial score (nSPS) is 12.5. The van der Waals surface area contributed by atoms with E-state index in [9.17, 15) is 9.90 Å². The van der Waals surface area contributed by atoms with Gasteiger partial charge in [-0.1, -0.05) is 44.9 Å². The van der Waals surface area contributed by atoms with Crippen LogP contribution in [0.15, 0.2) is 24.3 Å². The lowest BCUT2D eigenvalue weighted by Gasteiger charge is -2.20. The van der Waals surface area contributed by atoms with E-state index >= 15 is 0 Å². The fourth-order valence-corrected chi connectivity index (χ4v) is 2.12. The van der Waals surface area contributed by atoms with E-state index in [0.29, 0.717) is 12.1 Å². The van der Waals surface area contributed by atoms with Crippen LogP contribution in [0.5, 0.6) is 0 Å². The molecule has 0 aliphatic heterocycles. The van der Waals surface area contributed by atoms with E-state index in [0.717, 1.165) is 18.4 Å². The Morgan fingerprint density at radius 2 is 1.89 bits per heavy atom. The smallest absolute Gasteiger partial charge is 0.251 e. The zero-order valence-electron chi connectivity index (χ0n) is 11.4. The minimum absolute atomic E-state index is 0.113. The predicted molar refractivity (Wildman–Crippen MR) is 73.6 cm³/mol. The number of carbonyl (C=O) groups is 1. The maximum absolute atomic E-state index is 11.9. The summed E-state index contributed by atoms with van der Waals surface area (Å²) >= 11 is 0. The van der Waals surface area contributed by atoms with Crippen LogP contribution in [-0.4, -0.2) is 23.7 Å². The second kappa shape index (κ2) is 7.17. The second-order valence-corrected chi connectivity index (χ2v) is 4.67. The van der Waals surface area contributed by atoms with Gasteiger partial charge in [-0.25, -0.2) is 0 Å². The highest BCUT2D eigenvalue weighted by atomic mass is 16.3. The zero-order chi connectivity index (χ0) is 13.5. The Kier molecular flexibility index (Phi) is 5.86. The Morgan fingerprint density at radius 1 is 1.28 bits per heavy atom. The van der Waals surface area contributed by atoms with Gasteiger partial charge in [-0.05, 0) is 24.5 Å². The van der Waals surface area contributed by atoms with Gasteiger partial charge in [0, 0.05) is 12.1 Å². The molecule has 1 unspecified atom stereocenters. The van der Waals surface area contributed by atoms with Crippen molar-refractivity contribution in [2.75, 3.05) is 6.54 Å². The van der Waals surface area contributed by atoms with Crippen LogP contribution in [0.1, 0.15) is 42.6 Å². The number of aliphatic hydroxyl groups is 1. The van der Waals surface area contributed by atoms with Gasteiger partial charge in [-0.2, -0.15) is 0 Å². The minimum atomic E-state index is -0.465. The number of aryl methyl sites for hydroxylation is 1. The topological polar surface area (TPSA) is 49.3 Å². The first kappa shape index (κ1) is 14.7. The summed E-state index contributed by atoms with van der Waals surface area (Å²) in [6, 6.07) is 7.46. The molecule has 1 aromatic carbocycles. The molecule has 1 amide bonds. The molecule has 0 aromatic heterocycles. The van der Waals surface area contributed by atoms with Crippen LogP contribution in [-0.2, 0) is 0 Å². The number of hydrogen-bond donors (Lipinski definition) is 2. The molecular formula is C15H23NO2. The van der Waals surface area contributed by atoms with Crippen molar-refractivity contribution < 1.29 is 9.90 Å². The van der Waals surface area contributed by atoms with Crippen LogP contribution >= 0.6 is 0 Å². The Morgan fingerprint density at radius 3 is 2.44 bits per heavy atom. The van der Waals surface area contributed by atoms with Gasteiger partial charge in [-0.15, -0.1) is 0 Å². The van der Waals surface area contributed by atoms with Gasteiger partial charge in [-0.3, -0.25) is 4.79 Å². The molecule has 0 spiro atoms. The number of amides is 1. The molecule has 0 bridgehead atoms. The van der Waals surface area contributed by atoms with E-state index in [-0.39, 0.29) is 11.8 Å². The number of carbonyl (C=O) groups excluding carboxylic acids is 1. The van der Waals surface area contributed by atoms with E-state index in [1.165, 1.54) is 0 Å². The van der Waals surface area contributed by atoms with Crippen LogP contribution in [0.2, 0.25) is 0 Å². The van der Waals surface area contributed by atoms with Gasteiger partial charge in [0.2, 0.25) is 0 Å². The van der Waals surface area contributed by atoms with Crippen LogP contribution < -0.4 is 5.32 Å². The molecule has 3 heteroatoms. The molecule has 1 rings (SSSR count). The number of benzene rings is 1. The summed E-state index contributed by atoms with van der Waals surface area (Å²) in [7, 11) is 0. The van der Waals surface area contributed by atoms with Gasteiger partial charge in [0.15, 0.2) is 0 Å². The van der Waals surface area contributed by atoms with Crippen molar-refractivity contribution in [1.82, 2.24) is 5.32 Å². The maximum Gasteiger partial charge on any atom is 0.251 e. The van der Waals surface area contributed by atoms with E-state index in [1.807, 2.05) is 25.1 Å². The van der Waals surface area contributed by atoms with Crippen LogP contribution in [0.25, 0.3) is 0 Å². The molecular weight excluding hydrogens is 226 g/mol. The summed E-state index contributed by atoms with van der Waals surface area (Å²) in [4.78, 5) is 11.9. The highest BCUT2D eigenvalue weighted by Gasteiger charge is 2.17. The third-order valence-corrected chi connectivity index (χ3v) is 3.45. The SMILES string of the molecule is CCC(CC)C(O)CNC(=O)c1ccccc1C. The van der Waals surface area contributed by atoms with Crippen molar-refractivity contribution in [1.29, 1.82) is 0 Å². The minimum Gasteiger partial charge on any atom is -0.391 e. The largest absolute Gasteiger partial charge is 0.391 e. The Labute approximate surface area is 109 Å². The average Bonchev–Trinajstić information content (AvgIpc) is 2.38. The standard InChI is InChI=1S/C15H23NO2/c1-4-12(5-2)14(17)10-16-15(18)13-9-7-6-8-11(13)3/h6-9,12,14,17H,4-5,10H2,1-3H3,(H,16,18). The third kappa shape index (κ3) is 3.84. The summed E-state index contributed by atoms with van der Waals surface area (Å²) in [5.74, 6) is 0.139. The van der Waals surface area contributed by atoms with Crippen LogP contribution in [0.4, 0.5) is 0 Å². The number of aliphatic hydroxyl groups excluding tert-OH is 1. The van der Waals surface area contributed by atoms with Gasteiger partial charge in [0.05, 0.1) is 6.10 Å². The lowest BCUT2D eigenvalue weighted by molar-refractivity contribution is 0.0816. The molecule has 0 aliphatic carbocycles. The van der Waals surface area contributed by atoms with E-state index in [1.54, 1.807) is 6.07 Å². The quantitative estimate of drug-likeness (QED) is 0.814. The molecule has 0 radical (unpaired) electrons. The summed E-state index contributed by atoms with van der Waals surface area (Å²) in [6.07, 6.45) is 1.39. The van der Waals surface area contributed by atoms with E-state index in [2.05, 4.69) is 19.2 Å². The second-order valence-electron chi connectivity index (χ2n) is 4.67.